The maximum atomic E-state index is 12.9. The number of carbonyl (C=O) groups excluding carboxylic acids is 3. The molecule has 1 saturated heterocycles. The van der Waals surface area contributed by atoms with Crippen LogP contribution in [0.4, 0.5) is 11.4 Å². The molecule has 16 heteroatoms. The number of anilines is 2. The summed E-state index contributed by atoms with van der Waals surface area (Å²) in [5.74, 6) is -0.847. The van der Waals surface area contributed by atoms with Crippen LogP contribution in [0.1, 0.15) is 54.6 Å². The molecule has 3 aromatic rings. The molecule has 3 amide bonds. The highest BCUT2D eigenvalue weighted by Gasteiger charge is 2.41. The number of nitrogens with two attached hydrogens (primary N) is 2. The van der Waals surface area contributed by atoms with Gasteiger partial charge < -0.3 is 42.1 Å². The van der Waals surface area contributed by atoms with Gasteiger partial charge in [0.15, 0.2) is 0 Å². The highest BCUT2D eigenvalue weighted by Crippen LogP contribution is 2.45. The van der Waals surface area contributed by atoms with E-state index in [2.05, 4.69) is 25.8 Å². The largest absolute Gasteiger partial charge is 0.393 e. The molecule has 14 nitrogen and oxygen atoms in total. The van der Waals surface area contributed by atoms with Gasteiger partial charge in [0.25, 0.3) is 11.8 Å². The van der Waals surface area contributed by atoms with Gasteiger partial charge in [-0.2, -0.15) is 5.10 Å². The summed E-state index contributed by atoms with van der Waals surface area (Å²) in [5.41, 5.74) is 17.9. The fourth-order valence-electron chi connectivity index (χ4n) is 6.11. The Labute approximate surface area is 301 Å². The smallest absolute Gasteiger partial charge is 0.271 e. The number of likely N-dealkylation sites (tertiary alicyclic amines) is 1. The highest BCUT2D eigenvalue weighted by atomic mass is 16.2. The van der Waals surface area contributed by atoms with Crippen molar-refractivity contribution < 1.29 is 14.4 Å². The van der Waals surface area contributed by atoms with E-state index in [-0.39, 0.29) is 46.7 Å². The lowest BCUT2D eigenvalue weighted by Crippen LogP contribution is -2.60. The SMILES string of the molecule is CC.[B]C([B])(c1cccc(C(=O)NC)n1)N1CC(n2ncc3c2CN(C)c2c(NC(/C=C(\N)NC(=O)C4CC4)=C(/N)C(=O)N(C)C)cccc2-3)C1. The number of carbonyl (C=O) groups is 3. The third-order valence-corrected chi connectivity index (χ3v) is 9.06. The molecule has 1 saturated carbocycles. The molecular formula is C35H45B2N11O3. The van der Waals surface area contributed by atoms with Crippen LogP contribution in [0, 0.1) is 5.92 Å². The van der Waals surface area contributed by atoms with E-state index in [0.717, 1.165) is 35.3 Å². The first-order valence-electron chi connectivity index (χ1n) is 17.0. The third kappa shape index (κ3) is 7.46. The van der Waals surface area contributed by atoms with Crippen molar-refractivity contribution in [3.05, 3.63) is 83.0 Å². The first-order valence-corrected chi connectivity index (χ1v) is 17.0. The lowest BCUT2D eigenvalue weighted by Gasteiger charge is -2.50. The number of pyridine rings is 1. The number of aromatic nitrogens is 3. The van der Waals surface area contributed by atoms with Gasteiger partial charge in [-0.05, 0) is 36.4 Å². The molecule has 4 radical (unpaired) electrons. The highest BCUT2D eigenvalue weighted by molar-refractivity contribution is 6.39. The van der Waals surface area contributed by atoms with E-state index in [0.29, 0.717) is 31.0 Å². The summed E-state index contributed by atoms with van der Waals surface area (Å²) < 4.78 is 2.01. The van der Waals surface area contributed by atoms with Gasteiger partial charge in [-0.15, -0.1) is 0 Å². The number of hydrogen-bond donors (Lipinski definition) is 5. The van der Waals surface area contributed by atoms with E-state index < -0.39 is 11.2 Å². The first-order chi connectivity index (χ1) is 24.3. The van der Waals surface area contributed by atoms with Crippen molar-refractivity contribution in [2.45, 2.75) is 44.6 Å². The van der Waals surface area contributed by atoms with Gasteiger partial charge in [0, 0.05) is 70.1 Å². The zero-order chi connectivity index (χ0) is 37.2. The van der Waals surface area contributed by atoms with Gasteiger partial charge >= 0.3 is 0 Å². The Morgan fingerprint density at radius 2 is 1.73 bits per heavy atom. The molecule has 1 aromatic carbocycles. The Morgan fingerprint density at radius 1 is 1.04 bits per heavy atom. The molecule has 1 aliphatic carbocycles. The molecule has 2 aromatic heterocycles. The molecule has 0 unspecified atom stereocenters. The van der Waals surface area contributed by atoms with E-state index in [9.17, 15) is 14.4 Å². The number of nitrogens with zero attached hydrogens (tertiary/aromatic N) is 6. The van der Waals surface area contributed by atoms with E-state index in [1.54, 1.807) is 39.3 Å². The maximum absolute atomic E-state index is 12.9. The average Bonchev–Trinajstić information content (AvgIpc) is 3.88. The number of fused-ring (bicyclic) bond motifs is 3. The van der Waals surface area contributed by atoms with Crippen LogP contribution < -0.4 is 32.3 Å². The Morgan fingerprint density at radius 3 is 2.37 bits per heavy atom. The molecule has 7 N–H and O–H groups in total. The standard InChI is InChI=1S/C33H39B2N11O3.C2H6/c1-38-31(48)23-9-6-10-26(41-23)33(34,35)45-15-19(16-45)46-25-17-44(4)29-20(21(25)14-39-46)7-5-8-22(29)40-24(28(37)32(49)43(2)3)13-27(36)42-30(47)18-11-12-18;1-2/h5-10,13-14,18-19,40H,11-12,15-17,36-37H2,1-4H3,(H,38,48)(H,42,47);1-2H3/b27-13+,28-24+;. The van der Waals surface area contributed by atoms with Crippen molar-refractivity contribution in [3.8, 4) is 11.1 Å². The average molecular weight is 689 g/mol. The van der Waals surface area contributed by atoms with Gasteiger partial charge in [0.05, 0.1) is 57.2 Å². The predicted octanol–water partition coefficient (Wildman–Crippen LogP) is 1.28. The minimum Gasteiger partial charge on any atom is -0.393 e. The second-order valence-corrected chi connectivity index (χ2v) is 12.9. The van der Waals surface area contributed by atoms with Crippen molar-refractivity contribution in [2.24, 2.45) is 17.4 Å². The molecular weight excluding hydrogens is 644 g/mol. The summed E-state index contributed by atoms with van der Waals surface area (Å²) in [6, 6.07) is 10.9. The topological polar surface area (TPSA) is 180 Å². The fraction of sp³-hybridized carbons (Fsp3) is 0.400. The van der Waals surface area contributed by atoms with Crippen molar-refractivity contribution in [3.63, 3.8) is 0 Å². The Hall–Kier alpha value is -5.24. The van der Waals surface area contributed by atoms with Crippen LogP contribution >= 0.6 is 0 Å². The summed E-state index contributed by atoms with van der Waals surface area (Å²) in [6.07, 6.45) is 4.99. The van der Waals surface area contributed by atoms with Crippen LogP contribution in [0.3, 0.4) is 0 Å². The Balaban J connectivity index is 0.00000248. The molecule has 2 aliphatic heterocycles. The summed E-state index contributed by atoms with van der Waals surface area (Å²) in [6.45, 7) is 5.61. The normalized spacial score (nSPS) is 16.4. The molecule has 264 valence electrons. The van der Waals surface area contributed by atoms with E-state index in [1.807, 2.05) is 54.9 Å². The van der Waals surface area contributed by atoms with E-state index in [1.165, 1.54) is 11.0 Å². The van der Waals surface area contributed by atoms with Gasteiger partial charge in [-0.3, -0.25) is 19.1 Å². The fourth-order valence-corrected chi connectivity index (χ4v) is 6.11. The number of hydrogen-bond acceptors (Lipinski definition) is 10. The van der Waals surface area contributed by atoms with Crippen molar-refractivity contribution in [1.29, 1.82) is 0 Å². The van der Waals surface area contributed by atoms with Gasteiger partial charge in [-0.1, -0.05) is 32.0 Å². The van der Waals surface area contributed by atoms with Gasteiger partial charge in [-0.25, -0.2) is 4.98 Å². The van der Waals surface area contributed by atoms with Crippen LogP contribution in [-0.2, 0) is 21.5 Å². The van der Waals surface area contributed by atoms with Crippen LogP contribution in [0.25, 0.3) is 11.1 Å². The molecule has 51 heavy (non-hydrogen) atoms. The lowest BCUT2D eigenvalue weighted by atomic mass is 9.57. The van der Waals surface area contributed by atoms with Crippen LogP contribution in [0.15, 0.2) is 65.9 Å². The van der Waals surface area contributed by atoms with Gasteiger partial charge in [0.1, 0.15) is 17.2 Å². The summed E-state index contributed by atoms with van der Waals surface area (Å²) in [5, 5.41) is 12.0. The minimum atomic E-state index is -1.38. The number of allylic oxidation sites excluding steroid dienone is 1. The van der Waals surface area contributed by atoms with Crippen LogP contribution in [0.2, 0.25) is 0 Å². The number of likely N-dealkylation sites (N-methyl/N-ethyl adjacent to an activating group) is 1. The number of para-hydroxylation sites is 1. The van der Waals surface area contributed by atoms with Gasteiger partial charge in [0.2, 0.25) is 5.91 Å². The second kappa shape index (κ2) is 14.9. The zero-order valence-corrected chi connectivity index (χ0v) is 30.0. The second-order valence-electron chi connectivity index (χ2n) is 12.9. The number of rotatable bonds is 10. The quantitative estimate of drug-likeness (QED) is 0.118. The van der Waals surface area contributed by atoms with Crippen molar-refractivity contribution in [2.75, 3.05) is 51.5 Å². The maximum Gasteiger partial charge on any atom is 0.271 e. The molecule has 4 heterocycles. The first kappa shape index (κ1) is 37.0. The number of benzene rings is 1. The molecule has 0 bridgehead atoms. The number of amides is 3. The summed E-state index contributed by atoms with van der Waals surface area (Å²) in [7, 11) is 19.9. The summed E-state index contributed by atoms with van der Waals surface area (Å²) in [4.78, 5) is 47.2. The van der Waals surface area contributed by atoms with Crippen LogP contribution in [-0.4, -0.2) is 99.3 Å². The molecule has 0 spiro atoms. The van der Waals surface area contributed by atoms with E-state index in [4.69, 9.17) is 32.3 Å². The lowest BCUT2D eigenvalue weighted by molar-refractivity contribution is -0.124. The Kier molecular flexibility index (Phi) is 10.8. The third-order valence-electron chi connectivity index (χ3n) is 9.06. The molecule has 3 aliphatic rings. The van der Waals surface area contributed by atoms with E-state index >= 15 is 0 Å². The monoisotopic (exact) mass is 689 g/mol. The summed E-state index contributed by atoms with van der Waals surface area (Å²) >= 11 is 0. The van der Waals surface area contributed by atoms with Crippen molar-refractivity contribution in [1.82, 2.24) is 35.2 Å². The predicted molar refractivity (Wildman–Crippen MR) is 199 cm³/mol. The molecule has 0 atom stereocenters. The molecule has 6 rings (SSSR count). The molecule has 2 fully saturated rings. The van der Waals surface area contributed by atoms with Crippen LogP contribution in [0.5, 0.6) is 0 Å². The number of nitrogens with one attached hydrogen (secondary N) is 3. The van der Waals surface area contributed by atoms with Crippen molar-refractivity contribution >= 4 is 44.8 Å². The zero-order valence-electron chi connectivity index (χ0n) is 30.0. The minimum absolute atomic E-state index is 0.0129. The Bertz CT molecular complexity index is 1880.